The number of aliphatic imine (C=N–C) groups is 1. The molecule has 2 aromatic rings. The molecule has 0 aliphatic carbocycles. The van der Waals surface area contributed by atoms with Crippen LogP contribution in [0.25, 0.3) is 0 Å². The van der Waals surface area contributed by atoms with E-state index in [0.717, 1.165) is 68.8 Å². The fraction of sp³-hybridized carbons (Fsp3) is 0.500. The van der Waals surface area contributed by atoms with Crippen LogP contribution in [0.2, 0.25) is 5.02 Å². The Morgan fingerprint density at radius 3 is 2.71 bits per heavy atom. The highest BCUT2D eigenvalue weighted by Crippen LogP contribution is 2.20. The lowest BCUT2D eigenvalue weighted by Crippen LogP contribution is -2.52. The van der Waals surface area contributed by atoms with Crippen molar-refractivity contribution in [1.29, 1.82) is 0 Å². The average Bonchev–Trinajstić information content (AvgIpc) is 3.09. The van der Waals surface area contributed by atoms with Gasteiger partial charge in [-0.15, -0.1) is 24.0 Å². The van der Waals surface area contributed by atoms with Crippen LogP contribution in [0.3, 0.4) is 0 Å². The minimum absolute atomic E-state index is 0. The summed E-state index contributed by atoms with van der Waals surface area (Å²) in [4.78, 5) is 9.58. The molecule has 1 aliphatic rings. The zero-order chi connectivity index (χ0) is 19.1. The van der Waals surface area contributed by atoms with Crippen LogP contribution in [0.5, 0.6) is 0 Å². The number of hydrogen-bond donors (Lipinski definition) is 2. The SMILES string of the molecule is CCNC(=NCCCc1cn[nH]c1C)N1CCN(c2cccc(Cl)c2)CC1.I. The lowest BCUT2D eigenvalue weighted by molar-refractivity contribution is 0.372. The quantitative estimate of drug-likeness (QED) is 0.266. The molecule has 6 nitrogen and oxygen atoms in total. The van der Waals surface area contributed by atoms with Gasteiger partial charge in [-0.2, -0.15) is 5.10 Å². The molecule has 0 amide bonds. The van der Waals surface area contributed by atoms with Gasteiger partial charge in [-0.1, -0.05) is 17.7 Å². The van der Waals surface area contributed by atoms with Crippen molar-refractivity contribution in [2.24, 2.45) is 4.99 Å². The van der Waals surface area contributed by atoms with E-state index in [1.807, 2.05) is 24.4 Å². The van der Waals surface area contributed by atoms with Crippen molar-refractivity contribution in [3.05, 3.63) is 46.7 Å². The maximum absolute atomic E-state index is 6.13. The Balaban J connectivity index is 0.00000280. The summed E-state index contributed by atoms with van der Waals surface area (Å²) in [6.07, 6.45) is 3.95. The van der Waals surface area contributed by atoms with Crippen LogP contribution in [0.1, 0.15) is 24.6 Å². The highest BCUT2D eigenvalue weighted by atomic mass is 127. The molecule has 0 unspecified atom stereocenters. The molecule has 1 fully saturated rings. The maximum Gasteiger partial charge on any atom is 0.194 e. The summed E-state index contributed by atoms with van der Waals surface area (Å²) in [5.41, 5.74) is 3.63. The topological polar surface area (TPSA) is 59.6 Å². The first-order valence-corrected chi connectivity index (χ1v) is 10.1. The molecule has 0 saturated carbocycles. The second-order valence-electron chi connectivity index (χ2n) is 6.81. The van der Waals surface area contributed by atoms with Crippen molar-refractivity contribution < 1.29 is 0 Å². The van der Waals surface area contributed by atoms with Gasteiger partial charge < -0.3 is 15.1 Å². The molecule has 3 rings (SSSR count). The summed E-state index contributed by atoms with van der Waals surface area (Å²) in [6, 6.07) is 8.09. The van der Waals surface area contributed by atoms with Crippen LogP contribution >= 0.6 is 35.6 Å². The smallest absolute Gasteiger partial charge is 0.194 e. The van der Waals surface area contributed by atoms with E-state index < -0.39 is 0 Å². The summed E-state index contributed by atoms with van der Waals surface area (Å²) >= 11 is 6.13. The van der Waals surface area contributed by atoms with E-state index in [0.29, 0.717) is 0 Å². The Kier molecular flexibility index (Phi) is 9.37. The molecular weight excluding hydrogens is 487 g/mol. The predicted octanol–water partition coefficient (Wildman–Crippen LogP) is 3.71. The fourth-order valence-corrected chi connectivity index (χ4v) is 3.54. The van der Waals surface area contributed by atoms with Crippen LogP contribution in [0, 0.1) is 6.92 Å². The average molecular weight is 517 g/mol. The Morgan fingerprint density at radius 1 is 1.29 bits per heavy atom. The van der Waals surface area contributed by atoms with Gasteiger partial charge in [0.05, 0.1) is 6.20 Å². The molecule has 0 radical (unpaired) electrons. The molecule has 28 heavy (non-hydrogen) atoms. The molecule has 2 N–H and O–H groups in total. The highest BCUT2D eigenvalue weighted by molar-refractivity contribution is 14.0. The molecule has 154 valence electrons. The first kappa shape index (κ1) is 22.8. The van der Waals surface area contributed by atoms with Gasteiger partial charge in [0, 0.05) is 55.7 Å². The number of rotatable bonds is 6. The van der Waals surface area contributed by atoms with Crippen LogP contribution in [0.4, 0.5) is 5.69 Å². The van der Waals surface area contributed by atoms with Gasteiger partial charge in [-0.25, -0.2) is 0 Å². The Morgan fingerprint density at radius 2 is 2.07 bits per heavy atom. The predicted molar refractivity (Wildman–Crippen MR) is 128 cm³/mol. The van der Waals surface area contributed by atoms with Gasteiger partial charge in [-0.05, 0) is 50.5 Å². The molecule has 0 bridgehead atoms. The van der Waals surface area contributed by atoms with Crippen LogP contribution in [-0.2, 0) is 6.42 Å². The second-order valence-corrected chi connectivity index (χ2v) is 7.25. The van der Waals surface area contributed by atoms with Gasteiger partial charge in [0.1, 0.15) is 0 Å². The number of nitrogens with zero attached hydrogens (tertiary/aromatic N) is 4. The number of aromatic nitrogens is 2. The van der Waals surface area contributed by atoms with E-state index in [4.69, 9.17) is 16.6 Å². The third kappa shape index (κ3) is 6.27. The van der Waals surface area contributed by atoms with Crippen molar-refractivity contribution in [2.45, 2.75) is 26.7 Å². The number of piperazine rings is 1. The number of nitrogens with one attached hydrogen (secondary N) is 2. The van der Waals surface area contributed by atoms with E-state index in [9.17, 15) is 0 Å². The normalized spacial score (nSPS) is 14.8. The highest BCUT2D eigenvalue weighted by Gasteiger charge is 2.19. The summed E-state index contributed by atoms with van der Waals surface area (Å²) < 4.78 is 0. The van der Waals surface area contributed by atoms with Crippen LogP contribution in [0.15, 0.2) is 35.5 Å². The largest absolute Gasteiger partial charge is 0.368 e. The number of guanidine groups is 1. The number of aromatic amines is 1. The zero-order valence-corrected chi connectivity index (χ0v) is 19.7. The Bertz CT molecular complexity index is 755. The van der Waals surface area contributed by atoms with Crippen molar-refractivity contribution in [3.63, 3.8) is 0 Å². The third-order valence-corrected chi connectivity index (χ3v) is 5.12. The summed E-state index contributed by atoms with van der Waals surface area (Å²) in [7, 11) is 0. The number of benzene rings is 1. The lowest BCUT2D eigenvalue weighted by Gasteiger charge is -2.37. The van der Waals surface area contributed by atoms with E-state index in [1.54, 1.807) is 0 Å². The maximum atomic E-state index is 6.13. The molecule has 2 heterocycles. The van der Waals surface area contributed by atoms with Gasteiger partial charge in [0.25, 0.3) is 0 Å². The number of H-pyrrole nitrogens is 1. The summed E-state index contributed by atoms with van der Waals surface area (Å²) in [6.45, 7) is 9.74. The van der Waals surface area contributed by atoms with E-state index in [-0.39, 0.29) is 24.0 Å². The molecule has 1 saturated heterocycles. The first-order chi connectivity index (χ1) is 13.2. The van der Waals surface area contributed by atoms with Gasteiger partial charge in [0.15, 0.2) is 5.96 Å². The van der Waals surface area contributed by atoms with Gasteiger partial charge in [0.2, 0.25) is 0 Å². The van der Waals surface area contributed by atoms with Crippen molar-refractivity contribution in [3.8, 4) is 0 Å². The van der Waals surface area contributed by atoms with Crippen molar-refractivity contribution in [2.75, 3.05) is 44.2 Å². The van der Waals surface area contributed by atoms with Crippen LogP contribution in [-0.4, -0.2) is 60.3 Å². The number of halogens is 2. The van der Waals surface area contributed by atoms with Gasteiger partial charge >= 0.3 is 0 Å². The van der Waals surface area contributed by atoms with E-state index in [2.05, 4.69) is 45.2 Å². The first-order valence-electron chi connectivity index (χ1n) is 9.70. The number of hydrogen-bond acceptors (Lipinski definition) is 3. The second kappa shape index (κ2) is 11.5. The van der Waals surface area contributed by atoms with E-state index in [1.165, 1.54) is 11.3 Å². The molecule has 1 aliphatic heterocycles. The standard InChI is InChI=1S/C20H29ClN6.HI/c1-3-22-20(23-9-5-6-17-15-24-25-16(17)2)27-12-10-26(11-13-27)19-8-4-7-18(21)14-19;/h4,7-8,14-15H,3,5-6,9-13H2,1-2H3,(H,22,23)(H,24,25);1H. The van der Waals surface area contributed by atoms with E-state index >= 15 is 0 Å². The minimum atomic E-state index is 0. The molecule has 8 heteroatoms. The summed E-state index contributed by atoms with van der Waals surface area (Å²) in [5, 5.41) is 11.3. The number of aryl methyl sites for hydroxylation is 2. The monoisotopic (exact) mass is 516 g/mol. The molecular formula is C20H30ClIN6. The number of anilines is 1. The van der Waals surface area contributed by atoms with Crippen LogP contribution < -0.4 is 10.2 Å². The lowest BCUT2D eigenvalue weighted by atomic mass is 10.1. The molecule has 1 aromatic carbocycles. The Labute approximate surface area is 189 Å². The van der Waals surface area contributed by atoms with Crippen molar-refractivity contribution in [1.82, 2.24) is 20.4 Å². The minimum Gasteiger partial charge on any atom is -0.368 e. The summed E-state index contributed by atoms with van der Waals surface area (Å²) in [5.74, 6) is 1.02. The van der Waals surface area contributed by atoms with Crippen molar-refractivity contribution >= 4 is 47.2 Å². The molecule has 0 spiro atoms. The Hall–Kier alpha value is -1.48. The molecule has 0 atom stereocenters. The van der Waals surface area contributed by atoms with Gasteiger partial charge in [-0.3, -0.25) is 10.1 Å². The fourth-order valence-electron chi connectivity index (χ4n) is 3.36. The molecule has 1 aromatic heterocycles. The third-order valence-electron chi connectivity index (χ3n) is 4.89. The zero-order valence-electron chi connectivity index (χ0n) is 16.6.